The summed E-state index contributed by atoms with van der Waals surface area (Å²) in [6, 6.07) is 7.96. The molecule has 1 aromatic carbocycles. The molecule has 0 bridgehead atoms. The van der Waals surface area contributed by atoms with Gasteiger partial charge < -0.3 is 9.64 Å². The van der Waals surface area contributed by atoms with E-state index in [9.17, 15) is 14.0 Å². The van der Waals surface area contributed by atoms with Gasteiger partial charge in [0.05, 0.1) is 18.7 Å². The minimum Gasteiger partial charge on any atom is -0.465 e. The van der Waals surface area contributed by atoms with Crippen LogP contribution in [0.3, 0.4) is 0 Å². The highest BCUT2D eigenvalue weighted by molar-refractivity contribution is 7.14. The Balaban J connectivity index is 1.52. The molecule has 2 atom stereocenters. The van der Waals surface area contributed by atoms with Gasteiger partial charge in [-0.2, -0.15) is 0 Å². The fourth-order valence-corrected chi connectivity index (χ4v) is 4.90. The van der Waals surface area contributed by atoms with Crippen LogP contribution in [0.2, 0.25) is 0 Å². The van der Waals surface area contributed by atoms with Crippen molar-refractivity contribution in [2.24, 2.45) is 5.92 Å². The maximum atomic E-state index is 13.3. The van der Waals surface area contributed by atoms with Crippen molar-refractivity contribution < 1.29 is 18.7 Å². The lowest BCUT2D eigenvalue weighted by Gasteiger charge is -2.36. The quantitative estimate of drug-likeness (QED) is 0.745. The number of nitrogens with zero attached hydrogens (tertiary/aromatic N) is 1. The number of hydrogen-bond acceptors (Lipinski definition) is 5. The first-order valence-electron chi connectivity index (χ1n) is 9.57. The molecule has 2 heterocycles. The third-order valence-corrected chi connectivity index (χ3v) is 6.67. The predicted molar refractivity (Wildman–Crippen MR) is 106 cm³/mol. The number of carbonyl (C=O) groups is 2. The lowest BCUT2D eigenvalue weighted by molar-refractivity contribution is -0.119. The summed E-state index contributed by atoms with van der Waals surface area (Å²) in [6.07, 6.45) is 4.07. The Morgan fingerprint density at radius 2 is 2.00 bits per heavy atom. The topological polar surface area (TPSA) is 58.6 Å². The summed E-state index contributed by atoms with van der Waals surface area (Å²) < 4.78 is 18.2. The Bertz CT molecular complexity index is 863. The van der Waals surface area contributed by atoms with Crippen molar-refractivity contribution >= 4 is 28.2 Å². The van der Waals surface area contributed by atoms with Crippen LogP contribution in [0.4, 0.5) is 9.39 Å². The minimum atomic E-state index is -0.431. The molecule has 148 valence electrons. The number of rotatable bonds is 6. The van der Waals surface area contributed by atoms with Gasteiger partial charge in [0.25, 0.3) is 0 Å². The molecule has 1 N–H and O–H groups in total. The molecular weight excluding hydrogens is 379 g/mol. The Kier molecular flexibility index (Phi) is 5.46. The zero-order chi connectivity index (χ0) is 19.7. The summed E-state index contributed by atoms with van der Waals surface area (Å²) >= 11 is 1.37. The van der Waals surface area contributed by atoms with Crippen LogP contribution in [0.5, 0.6) is 0 Å². The molecule has 2 aromatic rings. The fraction of sp³-hybridized carbons (Fsp3) is 0.429. The summed E-state index contributed by atoms with van der Waals surface area (Å²) in [4.78, 5) is 26.7. The molecule has 7 heteroatoms. The number of ether oxygens (including phenoxy) is 1. The molecular formula is C21H23FN2O3S. The Hall–Kier alpha value is -2.25. The van der Waals surface area contributed by atoms with Gasteiger partial charge in [0.15, 0.2) is 0 Å². The molecule has 28 heavy (non-hydrogen) atoms. The maximum Gasteiger partial charge on any atom is 0.340 e. The number of benzene rings is 1. The van der Waals surface area contributed by atoms with Crippen LogP contribution < -0.4 is 10.2 Å². The number of amides is 1. The van der Waals surface area contributed by atoms with Gasteiger partial charge in [0, 0.05) is 12.6 Å². The van der Waals surface area contributed by atoms with E-state index in [4.69, 9.17) is 4.74 Å². The van der Waals surface area contributed by atoms with E-state index in [-0.39, 0.29) is 23.8 Å². The van der Waals surface area contributed by atoms with Gasteiger partial charge in [0.2, 0.25) is 5.91 Å². The number of carbonyl (C=O) groups excluding carboxylic acids is 2. The highest BCUT2D eigenvalue weighted by atomic mass is 32.1. The number of hydrogen-bond donors (Lipinski definition) is 1. The molecule has 1 aliphatic carbocycles. The largest absolute Gasteiger partial charge is 0.465 e. The predicted octanol–water partition coefficient (Wildman–Crippen LogP) is 3.91. The van der Waals surface area contributed by atoms with Gasteiger partial charge in [-0.15, -0.1) is 11.3 Å². The Morgan fingerprint density at radius 1 is 1.25 bits per heavy atom. The van der Waals surface area contributed by atoms with Crippen LogP contribution >= 0.6 is 11.3 Å². The van der Waals surface area contributed by atoms with E-state index in [1.807, 2.05) is 0 Å². The van der Waals surface area contributed by atoms with Crippen molar-refractivity contribution in [3.8, 4) is 0 Å². The van der Waals surface area contributed by atoms with Crippen molar-refractivity contribution in [1.82, 2.24) is 5.32 Å². The number of nitrogens with one attached hydrogen (secondary N) is 1. The fourth-order valence-electron chi connectivity index (χ4n) is 3.98. The summed E-state index contributed by atoms with van der Waals surface area (Å²) in [6.45, 7) is 0.557. The smallest absolute Gasteiger partial charge is 0.340 e. The van der Waals surface area contributed by atoms with Gasteiger partial charge in [0.1, 0.15) is 10.8 Å². The van der Waals surface area contributed by atoms with E-state index < -0.39 is 5.97 Å². The molecule has 4 rings (SSSR count). The normalized spacial score (nSPS) is 20.9. The van der Waals surface area contributed by atoms with Crippen molar-refractivity contribution in [2.45, 2.75) is 37.8 Å². The minimum absolute atomic E-state index is 0.0287. The second kappa shape index (κ2) is 8.01. The lowest BCUT2D eigenvalue weighted by atomic mass is 9.77. The van der Waals surface area contributed by atoms with Crippen molar-refractivity contribution in [1.29, 1.82) is 0 Å². The zero-order valence-electron chi connectivity index (χ0n) is 15.7. The van der Waals surface area contributed by atoms with Crippen LogP contribution in [0.1, 0.15) is 47.6 Å². The summed E-state index contributed by atoms with van der Waals surface area (Å²) in [7, 11) is 1.34. The Labute approximate surface area is 167 Å². The monoisotopic (exact) mass is 402 g/mol. The molecule has 0 unspecified atom stereocenters. The average Bonchev–Trinajstić information content (AvgIpc) is 3.27. The van der Waals surface area contributed by atoms with Crippen LogP contribution in [0.25, 0.3) is 0 Å². The van der Waals surface area contributed by atoms with Gasteiger partial charge in [-0.25, -0.2) is 9.18 Å². The van der Waals surface area contributed by atoms with E-state index in [0.717, 1.165) is 18.4 Å². The second-order valence-electron chi connectivity index (χ2n) is 7.35. The van der Waals surface area contributed by atoms with E-state index in [2.05, 4.69) is 5.32 Å². The number of anilines is 1. The highest BCUT2D eigenvalue weighted by Gasteiger charge is 2.38. The summed E-state index contributed by atoms with van der Waals surface area (Å²) in [5.41, 5.74) is 1.44. The van der Waals surface area contributed by atoms with Crippen molar-refractivity contribution in [2.75, 3.05) is 18.6 Å². The first-order valence-corrected chi connectivity index (χ1v) is 10.4. The third kappa shape index (κ3) is 3.56. The molecule has 1 aliphatic heterocycles. The lowest BCUT2D eigenvalue weighted by Crippen LogP contribution is -2.43. The third-order valence-electron chi connectivity index (χ3n) is 5.73. The van der Waals surface area contributed by atoms with Crippen LogP contribution in [0.15, 0.2) is 35.7 Å². The number of methoxy groups -OCH3 is 1. The molecule has 2 aliphatic rings. The zero-order valence-corrected chi connectivity index (χ0v) is 16.5. The molecule has 1 saturated heterocycles. The van der Waals surface area contributed by atoms with Gasteiger partial charge in [-0.1, -0.05) is 18.6 Å². The summed E-state index contributed by atoms with van der Waals surface area (Å²) in [5.74, 6) is -0.259. The number of esters is 1. The van der Waals surface area contributed by atoms with Crippen molar-refractivity contribution in [3.63, 3.8) is 0 Å². The first-order chi connectivity index (χ1) is 13.6. The molecule has 0 radical (unpaired) electrons. The van der Waals surface area contributed by atoms with Crippen molar-refractivity contribution in [3.05, 3.63) is 52.7 Å². The Morgan fingerprint density at radius 3 is 2.64 bits per heavy atom. The molecule has 0 spiro atoms. The molecule has 5 nitrogen and oxygen atoms in total. The van der Waals surface area contributed by atoms with E-state index in [1.165, 1.54) is 37.0 Å². The van der Waals surface area contributed by atoms with Gasteiger partial charge in [-0.05, 0) is 54.3 Å². The summed E-state index contributed by atoms with van der Waals surface area (Å²) in [5, 5.41) is 5.97. The average molecular weight is 402 g/mol. The molecule has 1 saturated carbocycles. The van der Waals surface area contributed by atoms with Gasteiger partial charge in [-0.3, -0.25) is 10.1 Å². The maximum absolute atomic E-state index is 13.3. The standard InChI is InChI=1S/C21H23FN2O3S/c1-27-21(26)16-10-12-28-20(16)24-11-9-17(19(24)25)23-18(13-3-2-4-13)14-5-7-15(22)8-6-14/h5-8,10,12-13,17-18,23H,2-4,9,11H2,1H3/t17-,18+/m0/s1. The number of thiophene rings is 1. The highest BCUT2D eigenvalue weighted by Crippen LogP contribution is 2.39. The van der Waals surface area contributed by atoms with Crippen LogP contribution in [-0.4, -0.2) is 31.6 Å². The van der Waals surface area contributed by atoms with E-state index in [0.29, 0.717) is 29.4 Å². The van der Waals surface area contributed by atoms with Gasteiger partial charge >= 0.3 is 5.97 Å². The SMILES string of the molecule is COC(=O)c1ccsc1N1CC[C@H](N[C@@H](c2ccc(F)cc2)C2CCC2)C1=O. The van der Waals surface area contributed by atoms with Crippen LogP contribution in [-0.2, 0) is 9.53 Å². The first kappa shape index (κ1) is 19.1. The molecule has 2 fully saturated rings. The molecule has 1 aromatic heterocycles. The second-order valence-corrected chi connectivity index (χ2v) is 8.24. The van der Waals surface area contributed by atoms with Crippen LogP contribution in [0, 0.1) is 11.7 Å². The van der Waals surface area contributed by atoms with E-state index >= 15 is 0 Å². The number of halogens is 1. The van der Waals surface area contributed by atoms with E-state index in [1.54, 1.807) is 28.5 Å². The molecule has 1 amide bonds.